The molecule has 1 N–H and O–H groups in total. The van der Waals surface area contributed by atoms with Gasteiger partial charge >= 0.3 is 0 Å². The Bertz CT molecular complexity index is 513. The Kier molecular flexibility index (Phi) is 4.80. The van der Waals surface area contributed by atoms with Crippen LogP contribution in [0.15, 0.2) is 40.8 Å². The van der Waals surface area contributed by atoms with Crippen LogP contribution in [-0.4, -0.2) is 6.54 Å². The molecule has 0 unspecified atom stereocenters. The molecule has 102 valence electrons. The van der Waals surface area contributed by atoms with Crippen molar-refractivity contribution < 1.29 is 4.42 Å². The fraction of sp³-hybridized carbons (Fsp3) is 0.412. The maximum absolute atomic E-state index is 5.87. The topological polar surface area (TPSA) is 25.2 Å². The van der Waals surface area contributed by atoms with E-state index in [4.69, 9.17) is 4.42 Å². The quantitative estimate of drug-likeness (QED) is 0.836. The fourth-order valence-electron chi connectivity index (χ4n) is 2.20. The van der Waals surface area contributed by atoms with Gasteiger partial charge in [0, 0.05) is 5.56 Å². The van der Waals surface area contributed by atoms with Crippen LogP contribution in [0.5, 0.6) is 0 Å². The summed E-state index contributed by atoms with van der Waals surface area (Å²) in [7, 11) is 0. The second kappa shape index (κ2) is 6.58. The van der Waals surface area contributed by atoms with Gasteiger partial charge in [0.15, 0.2) is 0 Å². The van der Waals surface area contributed by atoms with Crippen LogP contribution in [0.4, 0.5) is 0 Å². The van der Waals surface area contributed by atoms with Gasteiger partial charge in [-0.25, -0.2) is 0 Å². The second-order valence-corrected chi connectivity index (χ2v) is 5.34. The molecule has 1 heterocycles. The molecular formula is C17H23NO. The largest absolute Gasteiger partial charge is 0.460 e. The zero-order valence-electron chi connectivity index (χ0n) is 12.1. The molecule has 0 aliphatic rings. The van der Waals surface area contributed by atoms with Crippen LogP contribution in [-0.2, 0) is 13.0 Å². The highest BCUT2D eigenvalue weighted by Crippen LogP contribution is 2.24. The first-order valence-electron chi connectivity index (χ1n) is 7.07. The minimum Gasteiger partial charge on any atom is -0.460 e. The van der Waals surface area contributed by atoms with Crippen molar-refractivity contribution in [3.05, 3.63) is 47.7 Å². The lowest BCUT2D eigenvalue weighted by Gasteiger charge is -2.06. The first kappa shape index (κ1) is 13.9. The predicted molar refractivity (Wildman–Crippen MR) is 80.1 cm³/mol. The molecule has 0 radical (unpaired) electrons. The van der Waals surface area contributed by atoms with Gasteiger partial charge in [0.05, 0.1) is 6.54 Å². The molecule has 0 aliphatic heterocycles. The number of hydrogen-bond acceptors (Lipinski definition) is 2. The van der Waals surface area contributed by atoms with Crippen LogP contribution in [0.2, 0.25) is 0 Å². The van der Waals surface area contributed by atoms with E-state index in [1.54, 1.807) is 0 Å². The summed E-state index contributed by atoms with van der Waals surface area (Å²) in [5.74, 6) is 2.63. The molecule has 0 aliphatic carbocycles. The van der Waals surface area contributed by atoms with Crippen molar-refractivity contribution in [2.24, 2.45) is 5.92 Å². The van der Waals surface area contributed by atoms with Gasteiger partial charge in [-0.05, 0) is 42.6 Å². The number of hydrogen-bond donors (Lipinski definition) is 1. The van der Waals surface area contributed by atoms with Crippen molar-refractivity contribution in [2.45, 2.75) is 33.7 Å². The fourth-order valence-corrected chi connectivity index (χ4v) is 2.20. The molecule has 19 heavy (non-hydrogen) atoms. The minimum absolute atomic E-state index is 0.677. The standard InChI is InChI=1S/C17H23NO/c1-4-18-12-16-8-9-17(19-16)15-7-5-6-14(11-15)10-13(2)3/h5-9,11,13,18H,4,10,12H2,1-3H3. The molecule has 2 heteroatoms. The SMILES string of the molecule is CCNCc1ccc(-c2cccc(CC(C)C)c2)o1. The van der Waals surface area contributed by atoms with Crippen molar-refractivity contribution >= 4 is 0 Å². The van der Waals surface area contributed by atoms with Crippen LogP contribution < -0.4 is 5.32 Å². The third-order valence-electron chi connectivity index (χ3n) is 3.07. The molecule has 2 nitrogen and oxygen atoms in total. The summed E-state index contributed by atoms with van der Waals surface area (Å²) in [5.41, 5.74) is 2.54. The number of furan rings is 1. The average molecular weight is 257 g/mol. The van der Waals surface area contributed by atoms with Gasteiger partial charge in [0.2, 0.25) is 0 Å². The van der Waals surface area contributed by atoms with Crippen LogP contribution in [0.25, 0.3) is 11.3 Å². The van der Waals surface area contributed by atoms with Gasteiger partial charge in [-0.2, -0.15) is 0 Å². The molecule has 2 aromatic rings. The van der Waals surface area contributed by atoms with Gasteiger partial charge in [0.1, 0.15) is 11.5 Å². The molecule has 0 saturated heterocycles. The lowest BCUT2D eigenvalue weighted by atomic mass is 10.0. The maximum atomic E-state index is 5.87. The number of nitrogens with one attached hydrogen (secondary N) is 1. The molecule has 0 bridgehead atoms. The molecule has 0 fully saturated rings. The van der Waals surface area contributed by atoms with Gasteiger partial charge < -0.3 is 9.73 Å². The van der Waals surface area contributed by atoms with Gasteiger partial charge in [-0.3, -0.25) is 0 Å². The molecule has 1 aromatic heterocycles. The summed E-state index contributed by atoms with van der Waals surface area (Å²) in [4.78, 5) is 0. The lowest BCUT2D eigenvalue weighted by Crippen LogP contribution is -2.10. The van der Waals surface area contributed by atoms with E-state index < -0.39 is 0 Å². The normalized spacial score (nSPS) is 11.2. The summed E-state index contributed by atoms with van der Waals surface area (Å²) < 4.78 is 5.87. The maximum Gasteiger partial charge on any atom is 0.134 e. The van der Waals surface area contributed by atoms with Crippen molar-refractivity contribution in [2.75, 3.05) is 6.54 Å². The number of rotatable bonds is 6. The molecule has 0 spiro atoms. The van der Waals surface area contributed by atoms with Crippen molar-refractivity contribution in [1.82, 2.24) is 5.32 Å². The van der Waals surface area contributed by atoms with Crippen LogP contribution in [0.1, 0.15) is 32.1 Å². The Hall–Kier alpha value is -1.54. The van der Waals surface area contributed by atoms with E-state index in [-0.39, 0.29) is 0 Å². The highest BCUT2D eigenvalue weighted by Gasteiger charge is 2.06. The summed E-state index contributed by atoms with van der Waals surface area (Å²) in [6.07, 6.45) is 1.11. The van der Waals surface area contributed by atoms with Gasteiger partial charge in [-0.1, -0.05) is 39.0 Å². The molecule has 0 saturated carbocycles. The van der Waals surface area contributed by atoms with E-state index in [1.807, 2.05) is 6.07 Å². The van der Waals surface area contributed by atoms with Gasteiger partial charge in [-0.15, -0.1) is 0 Å². The predicted octanol–water partition coefficient (Wildman–Crippen LogP) is 4.25. The highest BCUT2D eigenvalue weighted by atomic mass is 16.3. The summed E-state index contributed by atoms with van der Waals surface area (Å²) >= 11 is 0. The van der Waals surface area contributed by atoms with E-state index in [1.165, 1.54) is 11.1 Å². The molecular weight excluding hydrogens is 234 g/mol. The third kappa shape index (κ3) is 3.97. The van der Waals surface area contributed by atoms with Crippen LogP contribution in [0, 0.1) is 5.92 Å². The zero-order chi connectivity index (χ0) is 13.7. The second-order valence-electron chi connectivity index (χ2n) is 5.34. The van der Waals surface area contributed by atoms with E-state index in [2.05, 4.69) is 56.4 Å². The Morgan fingerprint density at radius 2 is 2.00 bits per heavy atom. The van der Waals surface area contributed by atoms with E-state index in [0.717, 1.165) is 31.0 Å². The first-order valence-corrected chi connectivity index (χ1v) is 7.07. The Morgan fingerprint density at radius 1 is 1.16 bits per heavy atom. The van der Waals surface area contributed by atoms with E-state index in [0.29, 0.717) is 5.92 Å². The summed E-state index contributed by atoms with van der Waals surface area (Å²) in [6.45, 7) is 8.34. The lowest BCUT2D eigenvalue weighted by molar-refractivity contribution is 0.498. The van der Waals surface area contributed by atoms with Crippen LogP contribution in [0.3, 0.4) is 0 Å². The third-order valence-corrected chi connectivity index (χ3v) is 3.07. The van der Waals surface area contributed by atoms with E-state index >= 15 is 0 Å². The molecule has 2 rings (SSSR count). The first-order chi connectivity index (χ1) is 9.19. The summed E-state index contributed by atoms with van der Waals surface area (Å²) in [6, 6.07) is 12.7. The molecule has 0 atom stereocenters. The van der Waals surface area contributed by atoms with Crippen molar-refractivity contribution in [3.8, 4) is 11.3 Å². The average Bonchev–Trinajstić information content (AvgIpc) is 2.84. The Labute approximate surface area is 115 Å². The Morgan fingerprint density at radius 3 is 2.74 bits per heavy atom. The summed E-state index contributed by atoms with van der Waals surface area (Å²) in [5, 5.41) is 3.27. The molecule has 1 aromatic carbocycles. The minimum atomic E-state index is 0.677. The zero-order valence-corrected chi connectivity index (χ0v) is 12.1. The van der Waals surface area contributed by atoms with Crippen LogP contribution >= 0.6 is 0 Å². The van der Waals surface area contributed by atoms with E-state index in [9.17, 15) is 0 Å². The Balaban J connectivity index is 2.14. The monoisotopic (exact) mass is 257 g/mol. The van der Waals surface area contributed by atoms with Crippen molar-refractivity contribution in [3.63, 3.8) is 0 Å². The molecule has 0 amide bonds. The highest BCUT2D eigenvalue weighted by molar-refractivity contribution is 5.58. The van der Waals surface area contributed by atoms with Gasteiger partial charge in [0.25, 0.3) is 0 Å². The van der Waals surface area contributed by atoms with Crippen molar-refractivity contribution in [1.29, 1.82) is 0 Å². The number of benzene rings is 1. The smallest absolute Gasteiger partial charge is 0.134 e.